The Hall–Kier alpha value is -1.54. The lowest BCUT2D eigenvalue weighted by atomic mass is 10.1. The Morgan fingerprint density at radius 3 is 2.70 bits per heavy atom. The molecule has 0 fully saturated rings. The summed E-state index contributed by atoms with van der Waals surface area (Å²) in [6, 6.07) is 5.18. The van der Waals surface area contributed by atoms with Gasteiger partial charge in [0.05, 0.1) is 17.0 Å². The number of rotatable bonds is 4. The molecule has 0 radical (unpaired) electrons. The second kappa shape index (κ2) is 5.84. The summed E-state index contributed by atoms with van der Waals surface area (Å²) in [5.74, 6) is -1.17. The molecule has 0 bridgehead atoms. The highest BCUT2D eigenvalue weighted by Gasteiger charge is 2.33. The van der Waals surface area contributed by atoms with Crippen LogP contribution in [0, 0.1) is 0 Å². The number of halogens is 3. The van der Waals surface area contributed by atoms with Gasteiger partial charge in [0.15, 0.2) is 4.34 Å². The van der Waals surface area contributed by atoms with Gasteiger partial charge in [0.2, 0.25) is 0 Å². The number of carbonyl (C=O) groups is 1. The lowest BCUT2D eigenvalue weighted by molar-refractivity contribution is -0.137. The van der Waals surface area contributed by atoms with Crippen molar-refractivity contribution in [2.75, 3.05) is 5.75 Å². The molecule has 3 nitrogen and oxygen atoms in total. The van der Waals surface area contributed by atoms with Crippen LogP contribution in [-0.4, -0.2) is 21.8 Å². The third-order valence-electron chi connectivity index (χ3n) is 2.31. The van der Waals surface area contributed by atoms with Crippen molar-refractivity contribution >= 4 is 29.1 Å². The van der Waals surface area contributed by atoms with Crippen LogP contribution in [0.3, 0.4) is 0 Å². The van der Waals surface area contributed by atoms with Crippen molar-refractivity contribution in [2.45, 2.75) is 10.5 Å². The predicted molar refractivity (Wildman–Crippen MR) is 70.9 cm³/mol. The molecule has 0 amide bonds. The van der Waals surface area contributed by atoms with Crippen molar-refractivity contribution in [3.05, 3.63) is 35.2 Å². The van der Waals surface area contributed by atoms with Gasteiger partial charge in [-0.05, 0) is 6.07 Å². The molecular formula is C12H8F3NO2S2. The number of carboxylic acids is 1. The van der Waals surface area contributed by atoms with Gasteiger partial charge in [-0.1, -0.05) is 30.0 Å². The summed E-state index contributed by atoms with van der Waals surface area (Å²) < 4.78 is 39.1. The summed E-state index contributed by atoms with van der Waals surface area (Å²) >= 11 is 2.11. The van der Waals surface area contributed by atoms with E-state index < -0.39 is 17.7 Å². The van der Waals surface area contributed by atoms with Gasteiger partial charge in [-0.25, -0.2) is 4.98 Å². The molecule has 1 aromatic carbocycles. The van der Waals surface area contributed by atoms with Gasteiger partial charge in [-0.3, -0.25) is 4.79 Å². The van der Waals surface area contributed by atoms with Crippen LogP contribution in [0.25, 0.3) is 11.3 Å². The molecule has 0 unspecified atom stereocenters. The Morgan fingerprint density at radius 2 is 2.05 bits per heavy atom. The standard InChI is InChI=1S/C12H8F3NO2S2/c13-12(14,15)8-4-2-1-3-7(8)9-5-19-11(16-9)20-6-10(17)18/h1-5H,6H2,(H,17,18). The van der Waals surface area contributed by atoms with Crippen LogP contribution < -0.4 is 0 Å². The third kappa shape index (κ3) is 3.51. The first-order valence-corrected chi connectivity index (χ1v) is 7.21. The summed E-state index contributed by atoms with van der Waals surface area (Å²) in [6.07, 6.45) is -4.45. The van der Waals surface area contributed by atoms with E-state index in [1.165, 1.54) is 23.6 Å². The van der Waals surface area contributed by atoms with Gasteiger partial charge in [0.1, 0.15) is 0 Å². The fourth-order valence-corrected chi connectivity index (χ4v) is 3.07. The molecule has 0 spiro atoms. The van der Waals surface area contributed by atoms with E-state index >= 15 is 0 Å². The minimum absolute atomic E-state index is 0.00146. The van der Waals surface area contributed by atoms with Crippen molar-refractivity contribution in [2.24, 2.45) is 0 Å². The maximum Gasteiger partial charge on any atom is 0.417 e. The van der Waals surface area contributed by atoms with Crippen LogP contribution in [-0.2, 0) is 11.0 Å². The fourth-order valence-electron chi connectivity index (χ4n) is 1.52. The Kier molecular flexibility index (Phi) is 4.34. The van der Waals surface area contributed by atoms with Crippen LogP contribution in [0.15, 0.2) is 34.0 Å². The third-order valence-corrected chi connectivity index (χ3v) is 4.32. The number of hydrogen-bond acceptors (Lipinski definition) is 4. The fraction of sp³-hybridized carbons (Fsp3) is 0.167. The van der Waals surface area contributed by atoms with Gasteiger partial charge in [0, 0.05) is 10.9 Å². The van der Waals surface area contributed by atoms with Crippen LogP contribution in [0.4, 0.5) is 13.2 Å². The molecule has 1 heterocycles. The first-order chi connectivity index (χ1) is 9.38. The van der Waals surface area contributed by atoms with Crippen molar-refractivity contribution in [3.8, 4) is 11.3 Å². The highest BCUT2D eigenvalue weighted by Crippen LogP contribution is 2.38. The van der Waals surface area contributed by atoms with E-state index in [1.54, 1.807) is 0 Å². The van der Waals surface area contributed by atoms with Crippen molar-refractivity contribution in [3.63, 3.8) is 0 Å². The van der Waals surface area contributed by atoms with E-state index in [1.807, 2.05) is 0 Å². The van der Waals surface area contributed by atoms with Crippen LogP contribution in [0.1, 0.15) is 5.56 Å². The summed E-state index contributed by atoms with van der Waals surface area (Å²) in [6.45, 7) is 0. The Bertz CT molecular complexity index is 625. The first kappa shape index (κ1) is 14.9. The highest BCUT2D eigenvalue weighted by atomic mass is 32.2. The second-order valence-electron chi connectivity index (χ2n) is 3.72. The maximum atomic E-state index is 12.9. The van der Waals surface area contributed by atoms with E-state index in [4.69, 9.17) is 5.11 Å². The molecule has 0 aliphatic heterocycles. The van der Waals surface area contributed by atoms with Gasteiger partial charge in [-0.2, -0.15) is 13.2 Å². The SMILES string of the molecule is O=C(O)CSc1nc(-c2ccccc2C(F)(F)F)cs1. The zero-order valence-corrected chi connectivity index (χ0v) is 11.5. The zero-order valence-electron chi connectivity index (χ0n) is 9.85. The molecule has 0 aliphatic rings. The van der Waals surface area contributed by atoms with Gasteiger partial charge < -0.3 is 5.11 Å². The molecule has 0 aliphatic carbocycles. The van der Waals surface area contributed by atoms with Crippen LogP contribution in [0.2, 0.25) is 0 Å². The average Bonchev–Trinajstić information content (AvgIpc) is 2.84. The number of thiazole rings is 1. The number of alkyl halides is 3. The van der Waals surface area contributed by atoms with E-state index in [9.17, 15) is 18.0 Å². The lowest BCUT2D eigenvalue weighted by Gasteiger charge is -2.10. The normalized spacial score (nSPS) is 11.6. The van der Waals surface area contributed by atoms with Crippen molar-refractivity contribution in [1.29, 1.82) is 0 Å². The molecular weight excluding hydrogens is 311 g/mol. The Labute approximate surface area is 120 Å². The number of nitrogens with zero attached hydrogens (tertiary/aromatic N) is 1. The zero-order chi connectivity index (χ0) is 14.8. The molecule has 0 saturated carbocycles. The molecule has 20 heavy (non-hydrogen) atoms. The number of thioether (sulfide) groups is 1. The number of aliphatic carboxylic acids is 1. The first-order valence-electron chi connectivity index (χ1n) is 5.34. The Morgan fingerprint density at radius 1 is 1.35 bits per heavy atom. The number of benzene rings is 1. The summed E-state index contributed by atoms with van der Waals surface area (Å²) in [7, 11) is 0. The van der Waals surface area contributed by atoms with Crippen LogP contribution in [0.5, 0.6) is 0 Å². The molecule has 8 heteroatoms. The van der Waals surface area contributed by atoms with Crippen molar-refractivity contribution in [1.82, 2.24) is 4.98 Å². The number of carboxylic acid groups (broad SMARTS) is 1. The number of aromatic nitrogens is 1. The highest BCUT2D eigenvalue weighted by molar-refractivity contribution is 8.01. The number of hydrogen-bond donors (Lipinski definition) is 1. The molecule has 1 N–H and O–H groups in total. The molecule has 2 aromatic rings. The van der Waals surface area contributed by atoms with E-state index in [0.717, 1.165) is 29.2 Å². The smallest absolute Gasteiger partial charge is 0.417 e. The predicted octanol–water partition coefficient (Wildman–Crippen LogP) is 4.01. The monoisotopic (exact) mass is 319 g/mol. The summed E-state index contributed by atoms with van der Waals surface area (Å²) in [5.41, 5.74) is -0.547. The summed E-state index contributed by atoms with van der Waals surface area (Å²) in [4.78, 5) is 14.5. The van der Waals surface area contributed by atoms with E-state index in [-0.39, 0.29) is 17.0 Å². The quantitative estimate of drug-likeness (QED) is 0.865. The minimum Gasteiger partial charge on any atom is -0.481 e. The minimum atomic E-state index is -4.45. The largest absolute Gasteiger partial charge is 0.481 e. The average molecular weight is 319 g/mol. The van der Waals surface area contributed by atoms with E-state index in [2.05, 4.69) is 4.98 Å². The van der Waals surface area contributed by atoms with E-state index in [0.29, 0.717) is 4.34 Å². The van der Waals surface area contributed by atoms with Crippen LogP contribution >= 0.6 is 23.1 Å². The molecule has 0 atom stereocenters. The maximum absolute atomic E-state index is 12.9. The molecule has 0 saturated heterocycles. The summed E-state index contributed by atoms with van der Waals surface area (Å²) in [5, 5.41) is 10.1. The van der Waals surface area contributed by atoms with Gasteiger partial charge in [0.25, 0.3) is 0 Å². The van der Waals surface area contributed by atoms with Gasteiger partial charge in [-0.15, -0.1) is 11.3 Å². The van der Waals surface area contributed by atoms with Crippen molar-refractivity contribution < 1.29 is 23.1 Å². The molecule has 106 valence electrons. The second-order valence-corrected chi connectivity index (χ2v) is 5.80. The Balaban J connectivity index is 2.31. The molecule has 1 aromatic heterocycles. The molecule has 2 rings (SSSR count). The van der Waals surface area contributed by atoms with Gasteiger partial charge >= 0.3 is 12.1 Å². The topological polar surface area (TPSA) is 50.2 Å². The lowest BCUT2D eigenvalue weighted by Crippen LogP contribution is -2.06.